The molecule has 0 aliphatic rings. The van der Waals surface area contributed by atoms with Gasteiger partial charge in [-0.15, -0.1) is 0 Å². The predicted molar refractivity (Wildman–Crippen MR) is 127 cm³/mol. The highest BCUT2D eigenvalue weighted by Gasteiger charge is 2.11. The van der Waals surface area contributed by atoms with Gasteiger partial charge in [0.15, 0.2) is 5.84 Å². The summed E-state index contributed by atoms with van der Waals surface area (Å²) in [5, 5.41) is 6.87. The number of pyridine rings is 1. The van der Waals surface area contributed by atoms with Gasteiger partial charge in [-0.1, -0.05) is 53.7 Å². The molecule has 164 valence electrons. The summed E-state index contributed by atoms with van der Waals surface area (Å²) in [6.45, 7) is 0.141. The average molecular weight is 438 g/mol. The first-order valence-electron chi connectivity index (χ1n) is 10.3. The highest BCUT2D eigenvalue weighted by molar-refractivity contribution is 6.04. The fourth-order valence-electron chi connectivity index (χ4n) is 3.02. The van der Waals surface area contributed by atoms with Gasteiger partial charge in [-0.05, 0) is 54.1 Å². The number of nitrogens with zero attached hydrogens (tertiary/aromatic N) is 2. The Morgan fingerprint density at radius 3 is 2.45 bits per heavy atom. The molecule has 1 aromatic heterocycles. The second kappa shape index (κ2) is 10.6. The van der Waals surface area contributed by atoms with Crippen molar-refractivity contribution in [3.8, 4) is 11.6 Å². The first-order valence-corrected chi connectivity index (χ1v) is 10.3. The van der Waals surface area contributed by atoms with Gasteiger partial charge in [0.05, 0.1) is 5.56 Å². The van der Waals surface area contributed by atoms with Crippen LogP contribution in [-0.2, 0) is 11.4 Å². The Morgan fingerprint density at radius 2 is 1.67 bits per heavy atom. The van der Waals surface area contributed by atoms with Gasteiger partial charge in [-0.2, -0.15) is 0 Å². The lowest BCUT2D eigenvalue weighted by Crippen LogP contribution is -2.15. The zero-order valence-electron chi connectivity index (χ0n) is 17.7. The first kappa shape index (κ1) is 21.6. The summed E-state index contributed by atoms with van der Waals surface area (Å²) in [6.07, 6.45) is 1.61. The summed E-state index contributed by atoms with van der Waals surface area (Å²) in [4.78, 5) is 22.2. The average Bonchev–Trinajstić information content (AvgIpc) is 2.86. The van der Waals surface area contributed by atoms with Crippen LogP contribution < -0.4 is 15.8 Å². The standard InChI is InChI=1S/C26H22N4O3/c27-24(23-15-8-16-28-26(23)33-22-13-5-2-6-14-22)30-32-18-19-9-7-10-20(17-19)25(31)29-21-11-3-1-4-12-21/h1-17H,18H2,(H2,27,30)(H,29,31). The maximum atomic E-state index is 12.5. The van der Waals surface area contributed by atoms with E-state index in [1.54, 1.807) is 36.5 Å². The molecular weight excluding hydrogens is 416 g/mol. The van der Waals surface area contributed by atoms with Gasteiger partial charge in [0.25, 0.3) is 5.91 Å². The number of para-hydroxylation sites is 2. The molecule has 1 amide bonds. The van der Waals surface area contributed by atoms with Crippen LogP contribution in [0.1, 0.15) is 21.5 Å². The lowest BCUT2D eigenvalue weighted by atomic mass is 10.1. The van der Waals surface area contributed by atoms with Gasteiger partial charge in [0.2, 0.25) is 5.88 Å². The van der Waals surface area contributed by atoms with E-state index in [-0.39, 0.29) is 18.3 Å². The van der Waals surface area contributed by atoms with E-state index >= 15 is 0 Å². The Balaban J connectivity index is 1.40. The SMILES string of the molecule is N/C(=N\OCc1cccc(C(=O)Nc2ccccc2)c1)c1cccnc1Oc1ccccc1. The second-order valence-electron chi connectivity index (χ2n) is 7.04. The van der Waals surface area contributed by atoms with Crippen molar-refractivity contribution in [2.75, 3.05) is 5.32 Å². The summed E-state index contributed by atoms with van der Waals surface area (Å²) in [5.41, 5.74) is 8.65. The minimum absolute atomic E-state index is 0.131. The van der Waals surface area contributed by atoms with Crippen molar-refractivity contribution < 1.29 is 14.4 Å². The fourth-order valence-corrected chi connectivity index (χ4v) is 3.02. The topological polar surface area (TPSA) is 98.8 Å². The van der Waals surface area contributed by atoms with E-state index in [0.717, 1.165) is 11.3 Å². The number of amidine groups is 1. The normalized spacial score (nSPS) is 11.0. The van der Waals surface area contributed by atoms with Crippen LogP contribution in [0.4, 0.5) is 5.69 Å². The Morgan fingerprint density at radius 1 is 0.909 bits per heavy atom. The summed E-state index contributed by atoms with van der Waals surface area (Å²) in [5.74, 6) is 0.890. The van der Waals surface area contributed by atoms with E-state index in [2.05, 4.69) is 15.5 Å². The molecular formula is C26H22N4O3. The third kappa shape index (κ3) is 5.95. The number of hydrogen-bond donors (Lipinski definition) is 2. The molecule has 0 bridgehead atoms. The summed E-state index contributed by atoms with van der Waals surface area (Å²) >= 11 is 0. The summed E-state index contributed by atoms with van der Waals surface area (Å²) in [7, 11) is 0. The largest absolute Gasteiger partial charge is 0.438 e. The number of rotatable bonds is 8. The van der Waals surface area contributed by atoms with Gasteiger partial charge in [-0.25, -0.2) is 4.98 Å². The molecule has 0 fully saturated rings. The Bertz CT molecular complexity index is 1240. The molecule has 4 rings (SSSR count). The zero-order valence-corrected chi connectivity index (χ0v) is 17.7. The van der Waals surface area contributed by atoms with Crippen LogP contribution in [0.3, 0.4) is 0 Å². The number of carbonyl (C=O) groups is 1. The van der Waals surface area contributed by atoms with E-state index in [4.69, 9.17) is 15.3 Å². The summed E-state index contributed by atoms with van der Waals surface area (Å²) in [6, 6.07) is 29.2. The number of carbonyl (C=O) groups excluding carboxylic acids is 1. The number of amides is 1. The minimum Gasteiger partial charge on any atom is -0.438 e. The first-order chi connectivity index (χ1) is 16.2. The van der Waals surface area contributed by atoms with Crippen molar-refractivity contribution in [2.45, 2.75) is 6.61 Å². The fraction of sp³-hybridized carbons (Fsp3) is 0.0385. The number of benzene rings is 3. The number of ether oxygens (including phenoxy) is 1. The Kier molecular flexibility index (Phi) is 6.92. The number of anilines is 1. The van der Waals surface area contributed by atoms with Gasteiger partial charge in [0, 0.05) is 17.4 Å². The Labute approximate surface area is 191 Å². The van der Waals surface area contributed by atoms with Crippen molar-refractivity contribution in [1.82, 2.24) is 4.98 Å². The van der Waals surface area contributed by atoms with Crippen molar-refractivity contribution in [3.05, 3.63) is 120 Å². The van der Waals surface area contributed by atoms with E-state index in [0.29, 0.717) is 22.8 Å². The molecule has 0 radical (unpaired) electrons. The molecule has 0 unspecified atom stereocenters. The van der Waals surface area contributed by atoms with Crippen LogP contribution in [-0.4, -0.2) is 16.7 Å². The maximum absolute atomic E-state index is 12.5. The van der Waals surface area contributed by atoms with Crippen LogP contribution in [0.15, 0.2) is 108 Å². The molecule has 0 saturated carbocycles. The molecule has 4 aromatic rings. The van der Waals surface area contributed by atoms with E-state index in [9.17, 15) is 4.79 Å². The molecule has 3 aromatic carbocycles. The van der Waals surface area contributed by atoms with Crippen molar-refractivity contribution >= 4 is 17.4 Å². The zero-order chi connectivity index (χ0) is 22.9. The minimum atomic E-state index is -0.205. The highest BCUT2D eigenvalue weighted by Crippen LogP contribution is 2.22. The Hall–Kier alpha value is -4.65. The van der Waals surface area contributed by atoms with Crippen molar-refractivity contribution in [1.29, 1.82) is 0 Å². The molecule has 0 aliphatic heterocycles. The number of aromatic nitrogens is 1. The number of nitrogens with two attached hydrogens (primary N) is 1. The quantitative estimate of drug-likeness (QED) is 0.230. The molecule has 3 N–H and O–H groups in total. The van der Waals surface area contributed by atoms with Crippen LogP contribution in [0.5, 0.6) is 11.6 Å². The van der Waals surface area contributed by atoms with Crippen LogP contribution in [0.25, 0.3) is 0 Å². The molecule has 1 heterocycles. The molecule has 0 aliphatic carbocycles. The van der Waals surface area contributed by atoms with Crippen LogP contribution >= 0.6 is 0 Å². The maximum Gasteiger partial charge on any atom is 0.255 e. The molecule has 33 heavy (non-hydrogen) atoms. The smallest absolute Gasteiger partial charge is 0.255 e. The number of hydrogen-bond acceptors (Lipinski definition) is 5. The van der Waals surface area contributed by atoms with Gasteiger partial charge in [-0.3, -0.25) is 4.79 Å². The van der Waals surface area contributed by atoms with E-state index < -0.39 is 0 Å². The summed E-state index contributed by atoms with van der Waals surface area (Å²) < 4.78 is 5.81. The molecule has 0 atom stereocenters. The monoisotopic (exact) mass is 438 g/mol. The van der Waals surface area contributed by atoms with Gasteiger partial charge < -0.3 is 20.6 Å². The number of nitrogens with one attached hydrogen (secondary N) is 1. The third-order valence-electron chi connectivity index (χ3n) is 4.62. The number of oxime groups is 1. The lowest BCUT2D eigenvalue weighted by molar-refractivity contribution is 0.102. The molecule has 7 heteroatoms. The van der Waals surface area contributed by atoms with Gasteiger partial charge in [0.1, 0.15) is 12.4 Å². The van der Waals surface area contributed by atoms with Crippen LogP contribution in [0, 0.1) is 0 Å². The molecule has 0 saturated heterocycles. The molecule has 7 nitrogen and oxygen atoms in total. The van der Waals surface area contributed by atoms with Gasteiger partial charge >= 0.3 is 0 Å². The van der Waals surface area contributed by atoms with Crippen molar-refractivity contribution in [3.63, 3.8) is 0 Å². The molecule has 0 spiro atoms. The van der Waals surface area contributed by atoms with Crippen molar-refractivity contribution in [2.24, 2.45) is 10.9 Å². The lowest BCUT2D eigenvalue weighted by Gasteiger charge is -2.09. The third-order valence-corrected chi connectivity index (χ3v) is 4.62. The predicted octanol–water partition coefficient (Wildman–Crippen LogP) is 4.96. The van der Waals surface area contributed by atoms with E-state index in [1.807, 2.05) is 66.7 Å². The highest BCUT2D eigenvalue weighted by atomic mass is 16.6. The van der Waals surface area contributed by atoms with E-state index in [1.165, 1.54) is 0 Å². The second-order valence-corrected chi connectivity index (χ2v) is 7.04. The van der Waals surface area contributed by atoms with Crippen LogP contribution in [0.2, 0.25) is 0 Å².